The largest absolute Gasteiger partial charge is 0.469 e. The molecule has 0 aliphatic heterocycles. The van der Waals surface area contributed by atoms with E-state index < -0.39 is 7.82 Å². The molecule has 86 valence electrons. The minimum Gasteiger partial charge on any atom is -0.303 e. The lowest BCUT2D eigenvalue weighted by Crippen LogP contribution is -2.28. The van der Waals surface area contributed by atoms with E-state index in [1.54, 1.807) is 0 Å². The van der Waals surface area contributed by atoms with Crippen molar-refractivity contribution in [2.24, 2.45) is 5.41 Å². The lowest BCUT2D eigenvalue weighted by molar-refractivity contribution is 0.0453. The van der Waals surface area contributed by atoms with E-state index in [-0.39, 0.29) is 11.5 Å². The van der Waals surface area contributed by atoms with Crippen LogP contribution in [0.1, 0.15) is 47.0 Å². The van der Waals surface area contributed by atoms with Crippen LogP contribution < -0.4 is 0 Å². The minimum absolute atomic E-state index is 0.240. The van der Waals surface area contributed by atoms with Gasteiger partial charge in [0.05, 0.1) is 6.10 Å². The van der Waals surface area contributed by atoms with Gasteiger partial charge in [-0.2, -0.15) is 0 Å². The average molecular weight is 224 g/mol. The van der Waals surface area contributed by atoms with E-state index in [9.17, 15) is 4.57 Å². The molecule has 1 atom stereocenters. The molecule has 0 aromatic heterocycles. The van der Waals surface area contributed by atoms with Crippen LogP contribution in [0.3, 0.4) is 0 Å². The highest BCUT2D eigenvalue weighted by Gasteiger charge is 2.31. The van der Waals surface area contributed by atoms with Crippen LogP contribution in [0.5, 0.6) is 0 Å². The molecule has 0 aromatic rings. The van der Waals surface area contributed by atoms with Crippen LogP contribution in [0.15, 0.2) is 0 Å². The summed E-state index contributed by atoms with van der Waals surface area (Å²) in [6.07, 6.45) is 2.22. The van der Waals surface area contributed by atoms with Crippen molar-refractivity contribution in [2.45, 2.75) is 53.1 Å². The van der Waals surface area contributed by atoms with E-state index in [1.807, 2.05) is 27.7 Å². The predicted octanol–water partition coefficient (Wildman–Crippen LogP) is 2.70. The van der Waals surface area contributed by atoms with Gasteiger partial charge in [0.1, 0.15) is 0 Å². The molecular formula is C9H21O4P. The van der Waals surface area contributed by atoms with Crippen LogP contribution >= 0.6 is 7.82 Å². The van der Waals surface area contributed by atoms with Crippen LogP contribution in [0.4, 0.5) is 0 Å². The Morgan fingerprint density at radius 1 is 1.36 bits per heavy atom. The average Bonchev–Trinajstić information content (AvgIpc) is 1.93. The highest BCUT2D eigenvalue weighted by molar-refractivity contribution is 7.46. The zero-order valence-corrected chi connectivity index (χ0v) is 10.3. The van der Waals surface area contributed by atoms with E-state index in [0.29, 0.717) is 6.42 Å². The van der Waals surface area contributed by atoms with E-state index in [2.05, 4.69) is 0 Å². The quantitative estimate of drug-likeness (QED) is 0.704. The number of unbranched alkanes of at least 4 members (excludes halogenated alkanes) is 1. The van der Waals surface area contributed by atoms with Crippen molar-refractivity contribution < 1.29 is 18.9 Å². The van der Waals surface area contributed by atoms with Gasteiger partial charge < -0.3 is 9.79 Å². The Morgan fingerprint density at radius 3 is 2.14 bits per heavy atom. The summed E-state index contributed by atoms with van der Waals surface area (Å²) in [5, 5.41) is 0. The Labute approximate surface area is 85.9 Å². The molecule has 0 amide bonds. The topological polar surface area (TPSA) is 66.8 Å². The maximum Gasteiger partial charge on any atom is 0.469 e. The SMILES string of the molecule is CCCCC(OP(=O)(O)O)C(C)(C)C. The van der Waals surface area contributed by atoms with Crippen molar-refractivity contribution in [1.29, 1.82) is 0 Å². The summed E-state index contributed by atoms with van der Waals surface area (Å²) in [4.78, 5) is 17.5. The number of phosphoric ester groups is 1. The van der Waals surface area contributed by atoms with E-state index in [0.717, 1.165) is 12.8 Å². The van der Waals surface area contributed by atoms with Crippen molar-refractivity contribution in [1.82, 2.24) is 0 Å². The Bertz CT molecular complexity index is 203. The smallest absolute Gasteiger partial charge is 0.303 e. The van der Waals surface area contributed by atoms with Crippen molar-refractivity contribution >= 4 is 7.82 Å². The number of hydrogen-bond acceptors (Lipinski definition) is 2. The van der Waals surface area contributed by atoms with Crippen LogP contribution in [-0.2, 0) is 9.09 Å². The Morgan fingerprint density at radius 2 is 1.86 bits per heavy atom. The van der Waals surface area contributed by atoms with Crippen LogP contribution in [0.25, 0.3) is 0 Å². The fourth-order valence-corrected chi connectivity index (χ4v) is 1.95. The van der Waals surface area contributed by atoms with Crippen molar-refractivity contribution in [2.75, 3.05) is 0 Å². The van der Waals surface area contributed by atoms with Gasteiger partial charge in [-0.05, 0) is 11.8 Å². The first-order chi connectivity index (χ1) is 6.17. The van der Waals surface area contributed by atoms with Crippen LogP contribution in [-0.4, -0.2) is 15.9 Å². The lowest BCUT2D eigenvalue weighted by atomic mass is 9.86. The van der Waals surface area contributed by atoms with E-state index in [4.69, 9.17) is 14.3 Å². The molecule has 0 aromatic carbocycles. The molecule has 0 bridgehead atoms. The minimum atomic E-state index is -4.36. The van der Waals surface area contributed by atoms with Gasteiger partial charge in [0.25, 0.3) is 0 Å². The molecule has 0 saturated carbocycles. The molecule has 0 spiro atoms. The highest BCUT2D eigenvalue weighted by Crippen LogP contribution is 2.43. The Balaban J connectivity index is 4.34. The van der Waals surface area contributed by atoms with Gasteiger partial charge in [0, 0.05) is 0 Å². The molecule has 1 unspecified atom stereocenters. The van der Waals surface area contributed by atoms with E-state index >= 15 is 0 Å². The van der Waals surface area contributed by atoms with Gasteiger partial charge in [-0.25, -0.2) is 4.57 Å². The summed E-state index contributed by atoms with van der Waals surface area (Å²) >= 11 is 0. The first kappa shape index (κ1) is 14.1. The van der Waals surface area contributed by atoms with Crippen LogP contribution in [0.2, 0.25) is 0 Å². The molecule has 14 heavy (non-hydrogen) atoms. The zero-order valence-electron chi connectivity index (χ0n) is 9.36. The molecule has 0 fully saturated rings. The summed E-state index contributed by atoms with van der Waals surface area (Å²) in [6, 6.07) is 0. The normalized spacial score (nSPS) is 15.6. The van der Waals surface area contributed by atoms with Gasteiger partial charge >= 0.3 is 7.82 Å². The van der Waals surface area contributed by atoms with Gasteiger partial charge in [-0.3, -0.25) is 4.52 Å². The molecule has 4 nitrogen and oxygen atoms in total. The third kappa shape index (κ3) is 6.55. The molecular weight excluding hydrogens is 203 g/mol. The molecule has 0 rings (SSSR count). The van der Waals surface area contributed by atoms with Crippen LogP contribution in [0, 0.1) is 5.41 Å². The predicted molar refractivity (Wildman–Crippen MR) is 55.9 cm³/mol. The number of phosphoric acid groups is 1. The first-order valence-corrected chi connectivity index (χ1v) is 6.44. The second-order valence-electron chi connectivity index (χ2n) is 4.59. The summed E-state index contributed by atoms with van der Waals surface area (Å²) in [7, 11) is -4.36. The second-order valence-corrected chi connectivity index (χ2v) is 5.78. The third-order valence-corrected chi connectivity index (χ3v) is 2.58. The summed E-state index contributed by atoms with van der Waals surface area (Å²) < 4.78 is 15.5. The van der Waals surface area contributed by atoms with Gasteiger partial charge in [0.15, 0.2) is 0 Å². The Kier molecular flexibility index (Phi) is 5.31. The summed E-state index contributed by atoms with van der Waals surface area (Å²) in [6.45, 7) is 7.80. The second kappa shape index (κ2) is 5.26. The molecule has 0 aliphatic carbocycles. The van der Waals surface area contributed by atoms with Crippen molar-refractivity contribution in [3.8, 4) is 0 Å². The van der Waals surface area contributed by atoms with Gasteiger partial charge in [-0.15, -0.1) is 0 Å². The van der Waals surface area contributed by atoms with Gasteiger partial charge in [0.2, 0.25) is 0 Å². The standard InChI is InChI=1S/C9H21O4P/c1-5-6-7-8(9(2,3)4)13-14(10,11)12/h8H,5-7H2,1-4H3,(H2,10,11,12). The summed E-state index contributed by atoms with van der Waals surface area (Å²) in [5.41, 5.74) is -0.240. The molecule has 5 heteroatoms. The van der Waals surface area contributed by atoms with Crippen molar-refractivity contribution in [3.05, 3.63) is 0 Å². The summed E-state index contributed by atoms with van der Waals surface area (Å²) in [5.74, 6) is 0. The van der Waals surface area contributed by atoms with Gasteiger partial charge in [-0.1, -0.05) is 40.5 Å². The molecule has 0 aliphatic rings. The van der Waals surface area contributed by atoms with E-state index in [1.165, 1.54) is 0 Å². The van der Waals surface area contributed by atoms with Crippen molar-refractivity contribution in [3.63, 3.8) is 0 Å². The maximum atomic E-state index is 10.7. The fraction of sp³-hybridized carbons (Fsp3) is 1.00. The monoisotopic (exact) mass is 224 g/mol. The Hall–Kier alpha value is 0.110. The zero-order chi connectivity index (χ0) is 11.4. The molecule has 2 N–H and O–H groups in total. The number of rotatable bonds is 5. The molecule has 0 radical (unpaired) electrons. The molecule has 0 saturated heterocycles. The maximum absolute atomic E-state index is 10.7. The third-order valence-electron chi connectivity index (χ3n) is 2.05. The molecule has 0 heterocycles. The lowest BCUT2D eigenvalue weighted by Gasteiger charge is -2.30. The number of hydrogen-bond donors (Lipinski definition) is 2. The first-order valence-electron chi connectivity index (χ1n) is 4.90. The fourth-order valence-electron chi connectivity index (χ4n) is 1.20. The highest BCUT2D eigenvalue weighted by atomic mass is 31.2.